The predicted molar refractivity (Wildman–Crippen MR) is 116 cm³/mol. The molecule has 3 aromatic rings. The number of hydrogen-bond donors (Lipinski definition) is 0. The van der Waals surface area contributed by atoms with Gasteiger partial charge in [0.1, 0.15) is 4.83 Å². The number of rotatable bonds is 0. The Morgan fingerprint density at radius 3 is 2.52 bits per heavy atom. The zero-order chi connectivity index (χ0) is 19.4. The van der Waals surface area contributed by atoms with Crippen molar-refractivity contribution in [2.45, 2.75) is 65.5 Å². The van der Waals surface area contributed by atoms with Gasteiger partial charge in [0.05, 0.1) is 11.6 Å². The van der Waals surface area contributed by atoms with Crippen molar-refractivity contribution < 1.29 is 0 Å². The largest absolute Gasteiger partial charge is 0.353 e. The van der Waals surface area contributed by atoms with Gasteiger partial charge >= 0.3 is 0 Å². The van der Waals surface area contributed by atoms with Gasteiger partial charge in [0.15, 0.2) is 0 Å². The van der Waals surface area contributed by atoms with Crippen LogP contribution in [-0.2, 0) is 11.0 Å². The molecule has 2 aliphatic heterocycles. The van der Waals surface area contributed by atoms with Crippen molar-refractivity contribution in [1.82, 2.24) is 4.98 Å². The highest BCUT2D eigenvalue weighted by Gasteiger charge is 2.64. The van der Waals surface area contributed by atoms with Gasteiger partial charge in [-0.25, -0.2) is 4.98 Å². The number of para-hydroxylation sites is 1. The van der Waals surface area contributed by atoms with Crippen LogP contribution in [0.5, 0.6) is 0 Å². The summed E-state index contributed by atoms with van der Waals surface area (Å²) in [4.78, 5) is 10.1. The average Bonchev–Trinajstić information content (AvgIpc) is 3.10. The molecule has 2 nitrogen and oxygen atoms in total. The lowest BCUT2D eigenvalue weighted by Gasteiger charge is -2.62. The van der Waals surface area contributed by atoms with E-state index in [-0.39, 0.29) is 16.4 Å². The van der Waals surface area contributed by atoms with E-state index in [4.69, 9.17) is 4.98 Å². The molecular weight excluding hydrogens is 348 g/mol. The van der Waals surface area contributed by atoms with E-state index in [9.17, 15) is 0 Å². The molecule has 3 heteroatoms. The molecular formula is C24H28N2S. The summed E-state index contributed by atoms with van der Waals surface area (Å²) in [5.41, 5.74) is 5.83. The van der Waals surface area contributed by atoms with Gasteiger partial charge in [-0.2, -0.15) is 0 Å². The first-order valence-electron chi connectivity index (χ1n) is 9.91. The Balaban J connectivity index is 1.95. The second kappa shape index (κ2) is 4.94. The second-order valence-corrected chi connectivity index (χ2v) is 10.6. The van der Waals surface area contributed by atoms with Crippen LogP contribution < -0.4 is 4.90 Å². The Kier molecular flexibility index (Phi) is 3.15. The standard InChI is InChI=1S/C24H28N2S/c1-14-10-8-12-17-19(14)26-15(2)20-18(16-11-9-13-25-21(16)27-20)24(26,7)23(5,6)22(17,3)4/h8-13,15H,1-7H3/t15-,24?/m0/s1. The number of nitrogens with zero attached hydrogens (tertiary/aromatic N) is 2. The number of anilines is 1. The van der Waals surface area contributed by atoms with E-state index in [1.807, 2.05) is 17.5 Å². The Bertz CT molecular complexity index is 1090. The minimum atomic E-state index is -0.0777. The zero-order valence-electron chi connectivity index (χ0n) is 17.3. The number of hydrogen-bond acceptors (Lipinski definition) is 3. The fourth-order valence-corrected chi connectivity index (χ4v) is 7.12. The number of aromatic nitrogens is 1. The molecule has 140 valence electrons. The third-order valence-corrected chi connectivity index (χ3v) is 9.44. The van der Waals surface area contributed by atoms with E-state index in [1.54, 1.807) is 0 Å². The fraction of sp³-hybridized carbons (Fsp3) is 0.458. The molecule has 2 atom stereocenters. The SMILES string of the molecule is Cc1cccc2c1N1[C@@H](C)c3sc4ncccc4c3C1(C)C(C)(C)C2(C)C. The molecule has 4 heterocycles. The Hall–Kier alpha value is -1.87. The summed E-state index contributed by atoms with van der Waals surface area (Å²) in [5, 5.41) is 1.34. The van der Waals surface area contributed by atoms with Crippen LogP contribution in [0.2, 0.25) is 0 Å². The molecule has 0 spiro atoms. The van der Waals surface area contributed by atoms with E-state index in [2.05, 4.69) is 83.7 Å². The monoisotopic (exact) mass is 376 g/mol. The Labute approximate surface area is 166 Å². The normalized spacial score (nSPS) is 27.4. The summed E-state index contributed by atoms with van der Waals surface area (Å²) >= 11 is 1.89. The van der Waals surface area contributed by atoms with Gasteiger partial charge in [-0.3, -0.25) is 0 Å². The van der Waals surface area contributed by atoms with Crippen molar-refractivity contribution in [3.63, 3.8) is 0 Å². The molecule has 0 aliphatic carbocycles. The van der Waals surface area contributed by atoms with Crippen LogP contribution in [0.25, 0.3) is 10.2 Å². The van der Waals surface area contributed by atoms with E-state index in [0.29, 0.717) is 6.04 Å². The van der Waals surface area contributed by atoms with Gasteiger partial charge in [-0.15, -0.1) is 11.3 Å². The third-order valence-electron chi connectivity index (χ3n) is 8.16. The maximum atomic E-state index is 4.69. The van der Waals surface area contributed by atoms with Crippen molar-refractivity contribution in [2.24, 2.45) is 5.41 Å². The predicted octanol–water partition coefficient (Wildman–Crippen LogP) is 6.72. The molecule has 0 fully saturated rings. The van der Waals surface area contributed by atoms with Gasteiger partial charge in [0.2, 0.25) is 0 Å². The molecule has 1 aromatic carbocycles. The highest BCUT2D eigenvalue weighted by atomic mass is 32.1. The van der Waals surface area contributed by atoms with Crippen LogP contribution in [0.4, 0.5) is 5.69 Å². The molecule has 27 heavy (non-hydrogen) atoms. The van der Waals surface area contributed by atoms with Crippen LogP contribution in [0.3, 0.4) is 0 Å². The van der Waals surface area contributed by atoms with Crippen LogP contribution in [-0.4, -0.2) is 4.98 Å². The van der Waals surface area contributed by atoms with Crippen LogP contribution in [0.1, 0.15) is 69.2 Å². The number of benzene rings is 1. The molecule has 5 rings (SSSR count). The maximum absolute atomic E-state index is 4.69. The van der Waals surface area contributed by atoms with Crippen LogP contribution in [0.15, 0.2) is 36.5 Å². The maximum Gasteiger partial charge on any atom is 0.123 e. The summed E-state index contributed by atoms with van der Waals surface area (Å²) in [6.07, 6.45) is 1.92. The van der Waals surface area contributed by atoms with Gasteiger partial charge < -0.3 is 4.90 Å². The number of fused-ring (bicyclic) bond motifs is 7. The highest BCUT2D eigenvalue weighted by Crippen LogP contribution is 2.69. The minimum Gasteiger partial charge on any atom is -0.353 e. The summed E-state index contributed by atoms with van der Waals surface area (Å²) in [6, 6.07) is 11.6. The minimum absolute atomic E-state index is 0.0458. The zero-order valence-corrected chi connectivity index (χ0v) is 18.2. The summed E-state index contributed by atoms with van der Waals surface area (Å²) in [5.74, 6) is 0. The lowest BCUT2D eigenvalue weighted by molar-refractivity contribution is 0.0660. The van der Waals surface area contributed by atoms with Crippen molar-refractivity contribution in [3.05, 3.63) is 58.1 Å². The first-order valence-corrected chi connectivity index (χ1v) is 10.7. The van der Waals surface area contributed by atoms with E-state index in [1.165, 1.54) is 37.5 Å². The Morgan fingerprint density at radius 1 is 1.04 bits per heavy atom. The van der Waals surface area contributed by atoms with E-state index < -0.39 is 0 Å². The van der Waals surface area contributed by atoms with Crippen molar-refractivity contribution in [2.75, 3.05) is 4.90 Å². The molecule has 0 N–H and O–H groups in total. The molecule has 2 aliphatic rings. The van der Waals surface area contributed by atoms with Crippen molar-refractivity contribution >= 4 is 27.2 Å². The number of aryl methyl sites for hydroxylation is 1. The first kappa shape index (κ1) is 17.2. The van der Waals surface area contributed by atoms with Gasteiger partial charge in [-0.1, -0.05) is 52.0 Å². The molecule has 0 amide bonds. The molecule has 0 radical (unpaired) electrons. The Morgan fingerprint density at radius 2 is 1.78 bits per heavy atom. The first-order chi connectivity index (χ1) is 12.6. The molecule has 0 bridgehead atoms. The van der Waals surface area contributed by atoms with Crippen molar-refractivity contribution in [1.29, 1.82) is 0 Å². The third kappa shape index (κ3) is 1.71. The van der Waals surface area contributed by atoms with Gasteiger partial charge in [-0.05, 0) is 43.4 Å². The number of pyridine rings is 1. The summed E-state index contributed by atoms with van der Waals surface area (Å²) in [7, 11) is 0. The lowest BCUT2D eigenvalue weighted by Crippen LogP contribution is -2.62. The second-order valence-electron chi connectivity index (χ2n) is 9.54. The lowest BCUT2D eigenvalue weighted by atomic mass is 9.51. The van der Waals surface area contributed by atoms with Crippen LogP contribution in [0, 0.1) is 12.3 Å². The van der Waals surface area contributed by atoms with Crippen LogP contribution >= 0.6 is 11.3 Å². The molecule has 2 aromatic heterocycles. The molecule has 1 unspecified atom stereocenters. The fourth-order valence-electron chi connectivity index (χ4n) is 5.83. The average molecular weight is 377 g/mol. The van der Waals surface area contributed by atoms with Crippen molar-refractivity contribution in [3.8, 4) is 0 Å². The summed E-state index contributed by atoms with van der Waals surface area (Å²) in [6.45, 7) is 16.9. The van der Waals surface area contributed by atoms with E-state index >= 15 is 0 Å². The quantitative estimate of drug-likeness (QED) is 0.433. The molecule has 0 saturated carbocycles. The summed E-state index contributed by atoms with van der Waals surface area (Å²) < 4.78 is 0. The topological polar surface area (TPSA) is 16.1 Å². The molecule has 0 saturated heterocycles. The van der Waals surface area contributed by atoms with Gasteiger partial charge in [0, 0.05) is 33.1 Å². The van der Waals surface area contributed by atoms with Gasteiger partial charge in [0.25, 0.3) is 0 Å². The number of thiophene rings is 1. The highest BCUT2D eigenvalue weighted by molar-refractivity contribution is 7.19. The smallest absolute Gasteiger partial charge is 0.123 e. The van der Waals surface area contributed by atoms with E-state index in [0.717, 1.165) is 0 Å².